The van der Waals surface area contributed by atoms with E-state index in [0.717, 1.165) is 0 Å². The monoisotopic (exact) mass is 263 g/mol. The van der Waals surface area contributed by atoms with Crippen molar-refractivity contribution in [2.24, 2.45) is 5.92 Å². The Balaban J connectivity index is 2.75. The number of aliphatic hydroxyl groups excluding tert-OH is 1. The van der Waals surface area contributed by atoms with Crippen molar-refractivity contribution >= 4 is 0 Å². The van der Waals surface area contributed by atoms with Gasteiger partial charge in [0.2, 0.25) is 0 Å². The van der Waals surface area contributed by atoms with Gasteiger partial charge in [0, 0.05) is 12.1 Å². The molecule has 0 saturated carbocycles. The molecule has 2 nitrogen and oxygen atoms in total. The highest BCUT2D eigenvalue weighted by atomic mass is 16.3. The summed E-state index contributed by atoms with van der Waals surface area (Å²) in [6, 6.07) is 9.19. The Hall–Kier alpha value is -0.860. The van der Waals surface area contributed by atoms with E-state index >= 15 is 0 Å². The molecule has 0 bridgehead atoms. The van der Waals surface area contributed by atoms with Crippen molar-refractivity contribution in [2.75, 3.05) is 6.61 Å². The number of benzene rings is 1. The third-order valence-electron chi connectivity index (χ3n) is 3.74. The lowest BCUT2D eigenvalue weighted by molar-refractivity contribution is 0.201. The Bertz CT molecular complexity index is 375. The summed E-state index contributed by atoms with van der Waals surface area (Å²) in [6.07, 6.45) is 0. The first kappa shape index (κ1) is 16.2. The van der Waals surface area contributed by atoms with E-state index in [1.807, 2.05) is 0 Å². The van der Waals surface area contributed by atoms with Gasteiger partial charge in [-0.1, -0.05) is 58.9 Å². The third-order valence-corrected chi connectivity index (χ3v) is 3.74. The molecule has 0 saturated heterocycles. The van der Waals surface area contributed by atoms with Crippen molar-refractivity contribution in [2.45, 2.75) is 59.0 Å². The van der Waals surface area contributed by atoms with Crippen LogP contribution in [0.25, 0.3) is 0 Å². The van der Waals surface area contributed by atoms with Gasteiger partial charge in [-0.05, 0) is 29.4 Å². The second-order valence-corrected chi connectivity index (χ2v) is 6.79. The van der Waals surface area contributed by atoms with E-state index in [-0.39, 0.29) is 24.1 Å². The summed E-state index contributed by atoms with van der Waals surface area (Å²) in [7, 11) is 0. The third kappa shape index (κ3) is 4.63. The van der Waals surface area contributed by atoms with E-state index in [4.69, 9.17) is 0 Å². The van der Waals surface area contributed by atoms with Gasteiger partial charge in [-0.25, -0.2) is 0 Å². The first-order chi connectivity index (χ1) is 8.75. The summed E-state index contributed by atoms with van der Waals surface area (Å²) in [5, 5.41) is 12.9. The molecule has 0 aliphatic heterocycles. The smallest absolute Gasteiger partial charge is 0.0587 e. The van der Waals surface area contributed by atoms with E-state index in [0.29, 0.717) is 5.92 Å². The summed E-state index contributed by atoms with van der Waals surface area (Å²) < 4.78 is 0. The lowest BCUT2D eigenvalue weighted by Crippen LogP contribution is -2.38. The maximum atomic E-state index is 9.38. The normalized spacial score (nSPS) is 15.6. The Labute approximate surface area is 118 Å². The van der Waals surface area contributed by atoms with Gasteiger partial charge < -0.3 is 10.4 Å². The molecule has 2 atom stereocenters. The van der Waals surface area contributed by atoms with Crippen molar-refractivity contribution in [3.8, 4) is 0 Å². The molecule has 2 heteroatoms. The summed E-state index contributed by atoms with van der Waals surface area (Å²) in [4.78, 5) is 0. The van der Waals surface area contributed by atoms with Crippen LogP contribution in [-0.2, 0) is 5.41 Å². The van der Waals surface area contributed by atoms with Crippen LogP contribution in [0.4, 0.5) is 0 Å². The summed E-state index contributed by atoms with van der Waals surface area (Å²) in [6.45, 7) is 13.3. The number of nitrogens with one attached hydrogen (secondary N) is 1. The van der Waals surface area contributed by atoms with Crippen LogP contribution in [0.3, 0.4) is 0 Å². The second-order valence-electron chi connectivity index (χ2n) is 6.79. The highest BCUT2D eigenvalue weighted by molar-refractivity contribution is 5.29. The van der Waals surface area contributed by atoms with Gasteiger partial charge in [0.25, 0.3) is 0 Å². The van der Waals surface area contributed by atoms with Crippen LogP contribution in [0.2, 0.25) is 0 Å². The largest absolute Gasteiger partial charge is 0.395 e. The van der Waals surface area contributed by atoms with E-state index < -0.39 is 0 Å². The van der Waals surface area contributed by atoms with E-state index in [1.54, 1.807) is 0 Å². The van der Waals surface area contributed by atoms with Crippen LogP contribution in [0.1, 0.15) is 58.7 Å². The fourth-order valence-corrected chi connectivity index (χ4v) is 2.15. The molecule has 0 aliphatic rings. The van der Waals surface area contributed by atoms with E-state index in [1.165, 1.54) is 11.1 Å². The van der Waals surface area contributed by atoms with Gasteiger partial charge in [0.1, 0.15) is 0 Å². The minimum absolute atomic E-state index is 0.150. The van der Waals surface area contributed by atoms with Crippen LogP contribution < -0.4 is 5.32 Å². The first-order valence-corrected chi connectivity index (χ1v) is 7.23. The van der Waals surface area contributed by atoms with E-state index in [2.05, 4.69) is 71.1 Å². The molecule has 0 radical (unpaired) electrons. The molecular weight excluding hydrogens is 234 g/mol. The Morgan fingerprint density at radius 3 is 1.95 bits per heavy atom. The topological polar surface area (TPSA) is 32.3 Å². The molecular formula is C17H29NO. The molecule has 2 unspecified atom stereocenters. The molecule has 2 N–H and O–H groups in total. The fraction of sp³-hybridized carbons (Fsp3) is 0.647. The maximum absolute atomic E-state index is 9.38. The Kier molecular flexibility index (Phi) is 5.57. The summed E-state index contributed by atoms with van der Waals surface area (Å²) >= 11 is 0. The van der Waals surface area contributed by atoms with Gasteiger partial charge in [0.15, 0.2) is 0 Å². The minimum Gasteiger partial charge on any atom is -0.395 e. The molecule has 1 aromatic rings. The molecule has 108 valence electrons. The first-order valence-electron chi connectivity index (χ1n) is 7.23. The van der Waals surface area contributed by atoms with Gasteiger partial charge in [-0.15, -0.1) is 0 Å². The van der Waals surface area contributed by atoms with Crippen molar-refractivity contribution in [3.63, 3.8) is 0 Å². The van der Waals surface area contributed by atoms with Gasteiger partial charge in [-0.3, -0.25) is 0 Å². The molecule has 0 aliphatic carbocycles. The quantitative estimate of drug-likeness (QED) is 0.850. The van der Waals surface area contributed by atoms with Crippen molar-refractivity contribution in [1.82, 2.24) is 5.32 Å². The molecule has 19 heavy (non-hydrogen) atoms. The molecule has 0 spiro atoms. The lowest BCUT2D eigenvalue weighted by Gasteiger charge is -2.26. The van der Waals surface area contributed by atoms with Crippen molar-refractivity contribution in [3.05, 3.63) is 35.4 Å². The molecule has 0 amide bonds. The zero-order chi connectivity index (χ0) is 14.6. The molecule has 1 aromatic carbocycles. The van der Waals surface area contributed by atoms with Crippen molar-refractivity contribution in [1.29, 1.82) is 0 Å². The van der Waals surface area contributed by atoms with Gasteiger partial charge in [0.05, 0.1) is 6.61 Å². The van der Waals surface area contributed by atoms with Crippen LogP contribution in [-0.4, -0.2) is 17.8 Å². The van der Waals surface area contributed by atoms with Crippen molar-refractivity contribution < 1.29 is 5.11 Å². The highest BCUT2D eigenvalue weighted by Crippen LogP contribution is 2.24. The zero-order valence-electron chi connectivity index (χ0n) is 13.2. The summed E-state index contributed by atoms with van der Waals surface area (Å²) in [5.74, 6) is 0.432. The van der Waals surface area contributed by atoms with Crippen LogP contribution >= 0.6 is 0 Å². The second kappa shape index (κ2) is 6.53. The fourth-order valence-electron chi connectivity index (χ4n) is 2.15. The standard InChI is InChI=1S/C17H29NO/c1-12(2)16(11-19)18-13(3)14-7-9-15(10-8-14)17(4,5)6/h7-10,12-13,16,18-19H,11H2,1-6H3. The average Bonchev–Trinajstić information content (AvgIpc) is 2.34. The molecule has 0 fully saturated rings. The SMILES string of the molecule is CC(NC(CO)C(C)C)c1ccc(C(C)(C)C)cc1. The number of hydrogen-bond acceptors (Lipinski definition) is 2. The minimum atomic E-state index is 0.150. The van der Waals surface area contributed by atoms with Crippen LogP contribution in [0.5, 0.6) is 0 Å². The van der Waals surface area contributed by atoms with Crippen LogP contribution in [0, 0.1) is 5.92 Å². The molecule has 0 heterocycles. The van der Waals surface area contributed by atoms with Crippen LogP contribution in [0.15, 0.2) is 24.3 Å². The maximum Gasteiger partial charge on any atom is 0.0587 e. The lowest BCUT2D eigenvalue weighted by atomic mass is 9.86. The number of rotatable bonds is 5. The highest BCUT2D eigenvalue weighted by Gasteiger charge is 2.17. The average molecular weight is 263 g/mol. The number of aliphatic hydroxyl groups is 1. The predicted molar refractivity (Wildman–Crippen MR) is 82.4 cm³/mol. The van der Waals surface area contributed by atoms with Gasteiger partial charge >= 0.3 is 0 Å². The predicted octanol–water partition coefficient (Wildman–Crippen LogP) is 3.65. The Morgan fingerprint density at radius 2 is 1.58 bits per heavy atom. The number of hydrogen-bond donors (Lipinski definition) is 2. The van der Waals surface area contributed by atoms with Gasteiger partial charge in [-0.2, -0.15) is 0 Å². The van der Waals surface area contributed by atoms with E-state index in [9.17, 15) is 5.11 Å². The molecule has 0 aromatic heterocycles. The molecule has 1 rings (SSSR count). The Morgan fingerprint density at radius 1 is 1.05 bits per heavy atom. The zero-order valence-corrected chi connectivity index (χ0v) is 13.2. The summed E-state index contributed by atoms with van der Waals surface area (Å²) in [5.41, 5.74) is 2.82.